The molecule has 2 rings (SSSR count). The van der Waals surface area contributed by atoms with Crippen LogP contribution in [-0.4, -0.2) is 0 Å². The van der Waals surface area contributed by atoms with E-state index in [0.717, 1.165) is 22.6 Å². The van der Waals surface area contributed by atoms with E-state index in [1.807, 2.05) is 31.2 Å². The fourth-order valence-corrected chi connectivity index (χ4v) is 1.78. The van der Waals surface area contributed by atoms with E-state index in [4.69, 9.17) is 4.84 Å². The normalized spacial score (nSPS) is 15.0. The molecule has 0 unspecified atom stereocenters. The summed E-state index contributed by atoms with van der Waals surface area (Å²) in [5.41, 5.74) is 6.92. The highest BCUT2D eigenvalue weighted by atomic mass is 16.7. The van der Waals surface area contributed by atoms with Gasteiger partial charge in [0, 0.05) is 5.56 Å². The Morgan fingerprint density at radius 2 is 2.22 bits per heavy atom. The highest BCUT2D eigenvalue weighted by Crippen LogP contribution is 2.30. The molecule has 0 amide bonds. The summed E-state index contributed by atoms with van der Waals surface area (Å²) in [6.07, 6.45) is 10.3. The SMILES string of the molecule is C=C1NOc2cc(/C=C/C=C(C)\C=C/C)ccc21. The molecule has 0 fully saturated rings. The van der Waals surface area contributed by atoms with Gasteiger partial charge in [0.05, 0.1) is 5.70 Å². The lowest BCUT2D eigenvalue weighted by molar-refractivity contribution is 0.272. The predicted octanol–water partition coefficient (Wildman–Crippen LogP) is 4.09. The van der Waals surface area contributed by atoms with E-state index < -0.39 is 0 Å². The number of hydroxylamine groups is 1. The maximum absolute atomic E-state index is 5.31. The second kappa shape index (κ2) is 5.41. The lowest BCUT2D eigenvalue weighted by atomic mass is 10.1. The van der Waals surface area contributed by atoms with Crippen molar-refractivity contribution in [2.75, 3.05) is 0 Å². The Kier molecular flexibility index (Phi) is 3.68. The van der Waals surface area contributed by atoms with Crippen LogP contribution in [0.25, 0.3) is 11.8 Å². The largest absolute Gasteiger partial charge is 0.381 e. The lowest BCUT2D eigenvalue weighted by Crippen LogP contribution is -2.06. The summed E-state index contributed by atoms with van der Waals surface area (Å²) in [6.45, 7) is 7.95. The van der Waals surface area contributed by atoms with Crippen molar-refractivity contribution in [1.82, 2.24) is 5.48 Å². The van der Waals surface area contributed by atoms with Crippen LogP contribution in [0.1, 0.15) is 25.0 Å². The van der Waals surface area contributed by atoms with E-state index in [1.54, 1.807) is 0 Å². The minimum Gasteiger partial charge on any atom is -0.381 e. The van der Waals surface area contributed by atoms with Gasteiger partial charge in [0.25, 0.3) is 0 Å². The highest BCUT2D eigenvalue weighted by Gasteiger charge is 2.15. The summed E-state index contributed by atoms with van der Waals surface area (Å²) >= 11 is 0. The number of benzene rings is 1. The van der Waals surface area contributed by atoms with E-state index in [1.165, 1.54) is 5.57 Å². The number of rotatable bonds is 3. The minimum atomic E-state index is 0.810. The van der Waals surface area contributed by atoms with Crippen molar-refractivity contribution in [1.29, 1.82) is 0 Å². The van der Waals surface area contributed by atoms with Gasteiger partial charge >= 0.3 is 0 Å². The van der Waals surface area contributed by atoms with Crippen molar-refractivity contribution in [3.8, 4) is 5.75 Å². The fourth-order valence-electron chi connectivity index (χ4n) is 1.78. The first-order valence-electron chi connectivity index (χ1n) is 5.94. The van der Waals surface area contributed by atoms with Crippen molar-refractivity contribution in [3.63, 3.8) is 0 Å². The molecular formula is C16H17NO. The molecule has 0 aliphatic carbocycles. The molecule has 1 N–H and O–H groups in total. The standard InChI is InChI=1S/C16H17NO/c1-4-6-12(2)7-5-8-14-9-10-15-13(3)17-18-16(15)11-14/h4-11,17H,3H2,1-2H3/b6-4-,8-5+,12-7-. The molecule has 2 nitrogen and oxygen atoms in total. The summed E-state index contributed by atoms with van der Waals surface area (Å²) in [5, 5.41) is 0. The number of allylic oxidation sites excluding steroid dienone is 5. The second-order valence-corrected chi connectivity index (χ2v) is 4.21. The van der Waals surface area contributed by atoms with E-state index in [-0.39, 0.29) is 0 Å². The molecule has 1 aliphatic heterocycles. The molecule has 18 heavy (non-hydrogen) atoms. The molecule has 0 saturated heterocycles. The second-order valence-electron chi connectivity index (χ2n) is 4.21. The molecule has 92 valence electrons. The van der Waals surface area contributed by atoms with Gasteiger partial charge in [-0.15, -0.1) is 0 Å². The molecule has 0 aromatic heterocycles. The van der Waals surface area contributed by atoms with Gasteiger partial charge in [0.1, 0.15) is 0 Å². The smallest absolute Gasteiger partial charge is 0.165 e. The van der Waals surface area contributed by atoms with Gasteiger partial charge < -0.3 is 4.84 Å². The van der Waals surface area contributed by atoms with Crippen molar-refractivity contribution in [2.45, 2.75) is 13.8 Å². The van der Waals surface area contributed by atoms with E-state index in [2.05, 4.69) is 43.3 Å². The molecular weight excluding hydrogens is 222 g/mol. The van der Waals surface area contributed by atoms with Gasteiger partial charge in [-0.05, 0) is 31.5 Å². The van der Waals surface area contributed by atoms with Gasteiger partial charge in [0.2, 0.25) is 0 Å². The number of hydrogen-bond acceptors (Lipinski definition) is 2. The molecule has 0 saturated carbocycles. The Hall–Kier alpha value is -2.22. The van der Waals surface area contributed by atoms with Crippen LogP contribution in [0.5, 0.6) is 5.75 Å². The van der Waals surface area contributed by atoms with Gasteiger partial charge in [-0.25, -0.2) is 5.48 Å². The molecule has 0 atom stereocenters. The van der Waals surface area contributed by atoms with Crippen LogP contribution in [0.2, 0.25) is 0 Å². The molecule has 1 aromatic rings. The van der Waals surface area contributed by atoms with Crippen LogP contribution in [0.15, 0.2) is 54.7 Å². The van der Waals surface area contributed by atoms with Gasteiger partial charge in [0.15, 0.2) is 5.75 Å². The molecule has 1 aromatic carbocycles. The van der Waals surface area contributed by atoms with Crippen LogP contribution in [0, 0.1) is 0 Å². The third-order valence-corrected chi connectivity index (χ3v) is 2.69. The minimum absolute atomic E-state index is 0.810. The number of fused-ring (bicyclic) bond motifs is 1. The average Bonchev–Trinajstić information content (AvgIpc) is 2.71. The highest BCUT2D eigenvalue weighted by molar-refractivity contribution is 5.72. The third-order valence-electron chi connectivity index (χ3n) is 2.69. The topological polar surface area (TPSA) is 21.3 Å². The van der Waals surface area contributed by atoms with Crippen molar-refractivity contribution in [2.24, 2.45) is 0 Å². The summed E-state index contributed by atoms with van der Waals surface area (Å²) in [4.78, 5) is 5.31. The van der Waals surface area contributed by atoms with Gasteiger partial charge in [-0.1, -0.05) is 48.6 Å². The first-order chi connectivity index (χ1) is 8.70. The molecule has 0 radical (unpaired) electrons. The fraction of sp³-hybridized carbons (Fsp3) is 0.125. The first-order valence-corrected chi connectivity index (χ1v) is 5.94. The van der Waals surface area contributed by atoms with Crippen molar-refractivity contribution < 1.29 is 4.84 Å². The van der Waals surface area contributed by atoms with Crippen molar-refractivity contribution in [3.05, 3.63) is 65.8 Å². The van der Waals surface area contributed by atoms with Crippen LogP contribution in [0.4, 0.5) is 0 Å². The Morgan fingerprint density at radius 3 is 3.00 bits per heavy atom. The van der Waals surface area contributed by atoms with Crippen LogP contribution >= 0.6 is 0 Å². The summed E-state index contributed by atoms with van der Waals surface area (Å²) in [7, 11) is 0. The molecule has 0 spiro atoms. The van der Waals surface area contributed by atoms with Crippen LogP contribution in [0.3, 0.4) is 0 Å². The third kappa shape index (κ3) is 2.72. The summed E-state index contributed by atoms with van der Waals surface area (Å²) in [5.74, 6) is 0.830. The lowest BCUT2D eigenvalue weighted by Gasteiger charge is -1.97. The van der Waals surface area contributed by atoms with Crippen molar-refractivity contribution >= 4 is 11.8 Å². The zero-order valence-electron chi connectivity index (χ0n) is 10.7. The predicted molar refractivity (Wildman–Crippen MR) is 76.8 cm³/mol. The Morgan fingerprint density at radius 1 is 1.39 bits per heavy atom. The molecule has 2 heteroatoms. The number of nitrogens with one attached hydrogen (secondary N) is 1. The van der Waals surface area contributed by atoms with Crippen LogP contribution in [-0.2, 0) is 0 Å². The molecule has 1 aliphatic rings. The van der Waals surface area contributed by atoms with E-state index in [9.17, 15) is 0 Å². The quantitative estimate of drug-likeness (QED) is 0.802. The Labute approximate surface area is 108 Å². The molecule has 1 heterocycles. The Bertz CT molecular complexity index is 550. The maximum Gasteiger partial charge on any atom is 0.165 e. The Balaban J connectivity index is 2.14. The zero-order valence-corrected chi connectivity index (χ0v) is 10.7. The average molecular weight is 239 g/mol. The summed E-state index contributed by atoms with van der Waals surface area (Å²) in [6, 6.07) is 6.06. The van der Waals surface area contributed by atoms with Gasteiger partial charge in [-0.3, -0.25) is 0 Å². The number of hydrogen-bond donors (Lipinski definition) is 1. The maximum atomic E-state index is 5.31. The first kappa shape index (κ1) is 12.2. The monoisotopic (exact) mass is 239 g/mol. The van der Waals surface area contributed by atoms with Gasteiger partial charge in [-0.2, -0.15) is 0 Å². The molecule has 0 bridgehead atoms. The van der Waals surface area contributed by atoms with E-state index >= 15 is 0 Å². The van der Waals surface area contributed by atoms with E-state index in [0.29, 0.717) is 0 Å². The van der Waals surface area contributed by atoms with Crippen LogP contribution < -0.4 is 10.3 Å². The zero-order chi connectivity index (χ0) is 13.0. The summed E-state index contributed by atoms with van der Waals surface area (Å²) < 4.78 is 0.